The Hall–Kier alpha value is -1.08. The first-order chi connectivity index (χ1) is 10.3. The zero-order valence-electron chi connectivity index (χ0n) is 13.3. The van der Waals surface area contributed by atoms with Crippen LogP contribution in [0.5, 0.6) is 0 Å². The smallest absolute Gasteiger partial charge is 0.226 e. The van der Waals surface area contributed by atoms with Gasteiger partial charge in [0.1, 0.15) is 6.33 Å². The van der Waals surface area contributed by atoms with Crippen molar-refractivity contribution in [3.05, 3.63) is 6.33 Å². The fourth-order valence-corrected chi connectivity index (χ4v) is 5.01. The molecule has 2 aliphatic carbocycles. The summed E-state index contributed by atoms with van der Waals surface area (Å²) in [5, 5.41) is 20.8. The van der Waals surface area contributed by atoms with E-state index in [0.717, 1.165) is 23.8 Å². The van der Waals surface area contributed by atoms with Crippen LogP contribution < -0.4 is 5.32 Å². The highest BCUT2D eigenvalue weighted by atomic mass is 32.2. The van der Waals surface area contributed by atoms with E-state index < -0.39 is 5.41 Å². The zero-order chi connectivity index (χ0) is 16.0. The Bertz CT molecular complexity index is 562. The maximum atomic E-state index is 12.8. The summed E-state index contributed by atoms with van der Waals surface area (Å²) in [6.45, 7) is 6.99. The number of aliphatic hydroxyl groups excluding tert-OH is 1. The summed E-state index contributed by atoms with van der Waals surface area (Å²) in [7, 11) is 0. The molecule has 1 amide bonds. The number of aromatic nitrogens is 3. The van der Waals surface area contributed by atoms with Gasteiger partial charge in [-0.15, -0.1) is 0 Å². The van der Waals surface area contributed by atoms with Crippen LogP contribution in [0, 0.1) is 16.2 Å². The molecular formula is C15H24N4O2S. The Balaban J connectivity index is 1.60. The number of H-pyrrole nitrogens is 1. The minimum Gasteiger partial charge on any atom is -0.393 e. The van der Waals surface area contributed by atoms with E-state index in [4.69, 9.17) is 0 Å². The molecule has 7 heteroatoms. The molecular weight excluding hydrogens is 300 g/mol. The van der Waals surface area contributed by atoms with E-state index >= 15 is 0 Å². The fraction of sp³-hybridized carbons (Fsp3) is 0.800. The molecule has 122 valence electrons. The van der Waals surface area contributed by atoms with Gasteiger partial charge in [-0.05, 0) is 30.1 Å². The van der Waals surface area contributed by atoms with Crippen LogP contribution in [0.1, 0.15) is 40.0 Å². The molecule has 6 nitrogen and oxygen atoms in total. The van der Waals surface area contributed by atoms with Crippen LogP contribution in [0.15, 0.2) is 11.5 Å². The zero-order valence-corrected chi connectivity index (χ0v) is 14.2. The number of carbonyl (C=O) groups is 1. The molecule has 0 unspecified atom stereocenters. The van der Waals surface area contributed by atoms with Gasteiger partial charge < -0.3 is 10.4 Å². The van der Waals surface area contributed by atoms with Crippen LogP contribution in [-0.2, 0) is 4.79 Å². The minimum absolute atomic E-state index is 0.0935. The van der Waals surface area contributed by atoms with Gasteiger partial charge in [-0.3, -0.25) is 9.89 Å². The number of fused-ring (bicyclic) bond motifs is 2. The maximum Gasteiger partial charge on any atom is 0.226 e. The number of hydrogen-bond acceptors (Lipinski definition) is 5. The summed E-state index contributed by atoms with van der Waals surface area (Å²) in [6.07, 6.45) is 3.46. The summed E-state index contributed by atoms with van der Waals surface area (Å²) in [4.78, 5) is 16.9. The van der Waals surface area contributed by atoms with Crippen molar-refractivity contribution in [2.45, 2.75) is 51.3 Å². The Morgan fingerprint density at radius 1 is 1.50 bits per heavy atom. The molecule has 0 aliphatic heterocycles. The van der Waals surface area contributed by atoms with E-state index in [0.29, 0.717) is 13.0 Å². The molecule has 3 atom stereocenters. The molecule has 2 bridgehead atoms. The third kappa shape index (κ3) is 2.01. The average Bonchev–Trinajstić information content (AvgIpc) is 3.08. The number of hydrogen-bond donors (Lipinski definition) is 3. The summed E-state index contributed by atoms with van der Waals surface area (Å²) < 4.78 is 0. The number of rotatable bonds is 5. The third-order valence-corrected chi connectivity index (χ3v) is 7.30. The summed E-state index contributed by atoms with van der Waals surface area (Å²) >= 11 is 1.53. The molecule has 0 saturated heterocycles. The fourth-order valence-electron chi connectivity index (χ4n) is 4.38. The molecule has 1 aromatic rings. The number of amides is 1. The molecule has 1 aromatic heterocycles. The molecule has 22 heavy (non-hydrogen) atoms. The molecule has 0 radical (unpaired) electrons. The molecule has 1 heterocycles. The number of nitrogens with zero attached hydrogens (tertiary/aromatic N) is 2. The number of aromatic amines is 1. The SMILES string of the molecule is CC1(C)[C@@]2(C(=O)NCCSc3ncn[nH]3)CC[C@]1(C)[C@@H](O)C2. The Kier molecular flexibility index (Phi) is 3.76. The summed E-state index contributed by atoms with van der Waals surface area (Å²) in [5.41, 5.74) is -0.765. The normalized spacial score (nSPS) is 35.7. The van der Waals surface area contributed by atoms with Gasteiger partial charge in [-0.1, -0.05) is 32.5 Å². The van der Waals surface area contributed by atoms with Crippen molar-refractivity contribution in [2.24, 2.45) is 16.2 Å². The largest absolute Gasteiger partial charge is 0.393 e. The number of nitrogens with one attached hydrogen (secondary N) is 2. The predicted molar refractivity (Wildman–Crippen MR) is 84.3 cm³/mol. The number of thioether (sulfide) groups is 1. The lowest BCUT2D eigenvalue weighted by Crippen LogP contribution is -2.47. The lowest BCUT2D eigenvalue weighted by atomic mass is 9.64. The Morgan fingerprint density at radius 3 is 2.82 bits per heavy atom. The van der Waals surface area contributed by atoms with Gasteiger partial charge in [0.05, 0.1) is 11.5 Å². The summed E-state index contributed by atoms with van der Waals surface area (Å²) in [6, 6.07) is 0. The van der Waals surface area contributed by atoms with E-state index in [1.807, 2.05) is 0 Å². The van der Waals surface area contributed by atoms with Gasteiger partial charge in [0.25, 0.3) is 0 Å². The van der Waals surface area contributed by atoms with Crippen LogP contribution >= 0.6 is 11.8 Å². The highest BCUT2D eigenvalue weighted by molar-refractivity contribution is 7.99. The second-order valence-electron chi connectivity index (χ2n) is 7.24. The van der Waals surface area contributed by atoms with Gasteiger partial charge in [0, 0.05) is 12.3 Å². The summed E-state index contributed by atoms with van der Waals surface area (Å²) in [5.74, 6) is 0.841. The molecule has 0 aromatic carbocycles. The molecule has 2 fully saturated rings. The van der Waals surface area contributed by atoms with Crippen LogP contribution in [0.4, 0.5) is 0 Å². The van der Waals surface area contributed by atoms with Gasteiger partial charge in [-0.25, -0.2) is 4.98 Å². The van der Waals surface area contributed by atoms with Gasteiger partial charge in [0.2, 0.25) is 5.91 Å². The van der Waals surface area contributed by atoms with Gasteiger partial charge in [0.15, 0.2) is 5.16 Å². The van der Waals surface area contributed by atoms with Crippen molar-refractivity contribution in [3.8, 4) is 0 Å². The molecule has 3 N–H and O–H groups in total. The first-order valence-corrected chi connectivity index (χ1v) is 8.77. The Morgan fingerprint density at radius 2 is 2.27 bits per heavy atom. The van der Waals surface area contributed by atoms with Crippen molar-refractivity contribution in [3.63, 3.8) is 0 Å². The van der Waals surface area contributed by atoms with Crippen LogP contribution in [-0.4, -0.2) is 44.6 Å². The van der Waals surface area contributed by atoms with Crippen molar-refractivity contribution >= 4 is 17.7 Å². The molecule has 2 saturated carbocycles. The monoisotopic (exact) mass is 324 g/mol. The van der Waals surface area contributed by atoms with Crippen LogP contribution in [0.25, 0.3) is 0 Å². The highest BCUT2D eigenvalue weighted by Crippen LogP contribution is 2.72. The van der Waals surface area contributed by atoms with Crippen LogP contribution in [0.3, 0.4) is 0 Å². The van der Waals surface area contributed by atoms with Crippen molar-refractivity contribution in [1.82, 2.24) is 20.5 Å². The van der Waals surface area contributed by atoms with E-state index in [1.54, 1.807) is 0 Å². The van der Waals surface area contributed by atoms with E-state index in [1.165, 1.54) is 18.1 Å². The maximum absolute atomic E-state index is 12.8. The first-order valence-electron chi connectivity index (χ1n) is 7.78. The third-order valence-electron chi connectivity index (χ3n) is 6.43. The average molecular weight is 324 g/mol. The quantitative estimate of drug-likeness (QED) is 0.565. The van der Waals surface area contributed by atoms with Crippen molar-refractivity contribution in [1.29, 1.82) is 0 Å². The lowest BCUT2D eigenvalue weighted by Gasteiger charge is -2.40. The molecule has 0 spiro atoms. The Labute approximate surface area is 134 Å². The first kappa shape index (κ1) is 15.8. The molecule has 3 rings (SSSR count). The van der Waals surface area contributed by atoms with E-state index in [2.05, 4.69) is 41.3 Å². The number of aliphatic hydroxyl groups is 1. The second kappa shape index (κ2) is 5.23. The van der Waals surface area contributed by atoms with E-state index in [-0.39, 0.29) is 22.8 Å². The minimum atomic E-state index is -0.432. The molecule has 2 aliphatic rings. The van der Waals surface area contributed by atoms with Gasteiger partial charge >= 0.3 is 0 Å². The van der Waals surface area contributed by atoms with Gasteiger partial charge in [-0.2, -0.15) is 5.10 Å². The lowest BCUT2D eigenvalue weighted by molar-refractivity contribution is -0.135. The van der Waals surface area contributed by atoms with Crippen molar-refractivity contribution < 1.29 is 9.90 Å². The van der Waals surface area contributed by atoms with Crippen LogP contribution in [0.2, 0.25) is 0 Å². The second-order valence-corrected chi connectivity index (χ2v) is 8.32. The number of carbonyl (C=O) groups excluding carboxylic acids is 1. The van der Waals surface area contributed by atoms with Crippen molar-refractivity contribution in [2.75, 3.05) is 12.3 Å². The topological polar surface area (TPSA) is 90.9 Å². The highest BCUT2D eigenvalue weighted by Gasteiger charge is 2.72. The predicted octanol–water partition coefficient (Wildman–Crippen LogP) is 1.59. The standard InChI is InChI=1S/C15H24N4O2S/c1-13(2)14(3)4-5-15(13,8-10(14)20)11(21)16-6-7-22-12-17-9-18-19-12/h9-10,20H,4-8H2,1-3H3,(H,16,21)(H,17,18,19)/t10-,14+,15-/m0/s1. The van der Waals surface area contributed by atoms with E-state index in [9.17, 15) is 9.90 Å².